The van der Waals surface area contributed by atoms with Gasteiger partial charge in [0.25, 0.3) is 0 Å². The zero-order valence-electron chi connectivity index (χ0n) is 13.3. The molecule has 2 heterocycles. The lowest BCUT2D eigenvalue weighted by Crippen LogP contribution is -2.45. The van der Waals surface area contributed by atoms with Crippen LogP contribution in [0.5, 0.6) is 0 Å². The first-order valence-corrected chi connectivity index (χ1v) is 9.63. The number of hydrogen-bond donors (Lipinski definition) is 2. The van der Waals surface area contributed by atoms with Gasteiger partial charge in [-0.15, -0.1) is 11.3 Å². The molecule has 0 aromatic carbocycles. The Kier molecular flexibility index (Phi) is 4.65. The third kappa shape index (κ3) is 2.82. The van der Waals surface area contributed by atoms with Crippen LogP contribution in [0.3, 0.4) is 0 Å². The Morgan fingerprint density at radius 3 is 2.83 bits per heavy atom. The third-order valence-corrected chi connectivity index (χ3v) is 6.68. The first kappa shape index (κ1) is 17.0. The van der Waals surface area contributed by atoms with Crippen molar-refractivity contribution in [3.05, 3.63) is 26.7 Å². The van der Waals surface area contributed by atoms with E-state index in [0.29, 0.717) is 10.6 Å². The number of primary amides is 1. The molecule has 0 bridgehead atoms. The molecule has 3 N–H and O–H groups in total. The van der Waals surface area contributed by atoms with Crippen molar-refractivity contribution < 1.29 is 9.59 Å². The van der Waals surface area contributed by atoms with Crippen LogP contribution in [0.2, 0.25) is 0 Å². The average molecular weight is 362 g/mol. The second kappa shape index (κ2) is 6.57. The molecule has 0 unspecified atom stereocenters. The van der Waals surface area contributed by atoms with E-state index in [1.54, 1.807) is 0 Å². The quantitative estimate of drug-likeness (QED) is 0.853. The van der Waals surface area contributed by atoms with E-state index in [1.165, 1.54) is 11.3 Å². The summed E-state index contributed by atoms with van der Waals surface area (Å²) in [5, 5.41) is 15.8. The third-order valence-electron chi connectivity index (χ3n) is 4.63. The molecule has 2 amide bonds. The van der Waals surface area contributed by atoms with Gasteiger partial charge in [-0.1, -0.05) is 24.6 Å². The summed E-state index contributed by atoms with van der Waals surface area (Å²) in [4.78, 5) is 28.5. The zero-order valence-corrected chi connectivity index (χ0v) is 14.9. The van der Waals surface area contributed by atoms with Crippen LogP contribution in [0.25, 0.3) is 0 Å². The fraction of sp³-hybridized carbons (Fsp3) is 0.500. The molecule has 6 nitrogen and oxygen atoms in total. The van der Waals surface area contributed by atoms with Crippen LogP contribution in [0.4, 0.5) is 0 Å². The normalized spacial score (nSPS) is 22.5. The molecule has 1 aliphatic carbocycles. The smallest absolute Gasteiger partial charge is 0.235 e. The second-order valence-corrected chi connectivity index (χ2v) is 8.06. The van der Waals surface area contributed by atoms with E-state index < -0.39 is 17.2 Å². The van der Waals surface area contributed by atoms with Crippen molar-refractivity contribution in [2.75, 3.05) is 5.75 Å². The predicted octanol–water partition coefficient (Wildman–Crippen LogP) is 2.18. The fourth-order valence-electron chi connectivity index (χ4n) is 3.68. The molecular formula is C16H18N4O2S2. The van der Waals surface area contributed by atoms with Crippen LogP contribution in [0, 0.1) is 23.7 Å². The van der Waals surface area contributed by atoms with E-state index in [2.05, 4.69) is 16.4 Å². The van der Waals surface area contributed by atoms with E-state index in [4.69, 9.17) is 5.73 Å². The Morgan fingerprint density at radius 1 is 1.58 bits per heavy atom. The maximum Gasteiger partial charge on any atom is 0.235 e. The largest absolute Gasteiger partial charge is 0.369 e. The molecule has 1 fully saturated rings. The molecular weight excluding hydrogens is 344 g/mol. The minimum Gasteiger partial charge on any atom is -0.369 e. The van der Waals surface area contributed by atoms with E-state index in [1.807, 2.05) is 12.3 Å². The lowest BCUT2D eigenvalue weighted by atomic mass is 9.67. The summed E-state index contributed by atoms with van der Waals surface area (Å²) in [7, 11) is 0. The SMILES string of the molecule is Cc1csc([C@H]2C(=O)NC(SCC(N)=O)=C(C#N)C23CCCC3)n1. The van der Waals surface area contributed by atoms with Gasteiger partial charge in [0.05, 0.1) is 22.4 Å². The number of carbonyl (C=O) groups is 2. The van der Waals surface area contributed by atoms with Gasteiger partial charge in [-0.2, -0.15) is 5.26 Å². The molecule has 2 aliphatic rings. The van der Waals surface area contributed by atoms with E-state index in [9.17, 15) is 14.9 Å². The van der Waals surface area contributed by atoms with Crippen molar-refractivity contribution in [2.24, 2.45) is 11.1 Å². The number of nitrogens with two attached hydrogens (primary N) is 1. The number of amides is 2. The van der Waals surface area contributed by atoms with Crippen LogP contribution < -0.4 is 11.1 Å². The Hall–Kier alpha value is -1.85. The van der Waals surface area contributed by atoms with Crippen LogP contribution >= 0.6 is 23.1 Å². The molecule has 8 heteroatoms. The van der Waals surface area contributed by atoms with Crippen molar-refractivity contribution in [1.29, 1.82) is 5.26 Å². The fourth-order valence-corrected chi connectivity index (χ4v) is 5.54. The van der Waals surface area contributed by atoms with E-state index in [0.717, 1.165) is 48.1 Å². The number of thioether (sulfide) groups is 1. The lowest BCUT2D eigenvalue weighted by Gasteiger charge is -2.40. The molecule has 0 radical (unpaired) electrons. The van der Waals surface area contributed by atoms with Crippen molar-refractivity contribution in [1.82, 2.24) is 10.3 Å². The number of nitrogens with zero attached hydrogens (tertiary/aromatic N) is 2. The highest BCUT2D eigenvalue weighted by Crippen LogP contribution is 2.57. The highest BCUT2D eigenvalue weighted by Gasteiger charge is 2.53. The highest BCUT2D eigenvalue weighted by atomic mass is 32.2. The van der Waals surface area contributed by atoms with Gasteiger partial charge in [-0.25, -0.2) is 4.98 Å². The Labute approximate surface area is 148 Å². The van der Waals surface area contributed by atoms with Gasteiger partial charge >= 0.3 is 0 Å². The van der Waals surface area contributed by atoms with Gasteiger partial charge in [-0.05, 0) is 19.8 Å². The summed E-state index contributed by atoms with van der Waals surface area (Å²) >= 11 is 2.61. The summed E-state index contributed by atoms with van der Waals surface area (Å²) in [6.07, 6.45) is 3.53. The number of aryl methyl sites for hydroxylation is 1. The number of rotatable bonds is 4. The number of nitrogens with one attached hydrogen (secondary N) is 1. The molecule has 1 aromatic heterocycles. The summed E-state index contributed by atoms with van der Waals surface area (Å²) in [6.45, 7) is 1.90. The van der Waals surface area contributed by atoms with Gasteiger partial charge < -0.3 is 11.1 Å². The van der Waals surface area contributed by atoms with E-state index >= 15 is 0 Å². The summed E-state index contributed by atoms with van der Waals surface area (Å²) in [5.41, 5.74) is 6.15. The van der Waals surface area contributed by atoms with Crippen molar-refractivity contribution >= 4 is 34.9 Å². The maximum atomic E-state index is 12.9. The Balaban J connectivity index is 2.08. The average Bonchev–Trinajstić information content (AvgIpc) is 3.15. The van der Waals surface area contributed by atoms with Crippen molar-refractivity contribution in [2.45, 2.75) is 38.5 Å². The number of carbonyl (C=O) groups excluding carboxylic acids is 2. The van der Waals surface area contributed by atoms with Crippen LogP contribution in [-0.2, 0) is 9.59 Å². The molecule has 1 spiro atoms. The minimum absolute atomic E-state index is 0.0396. The molecule has 1 saturated carbocycles. The number of thiazole rings is 1. The van der Waals surface area contributed by atoms with Crippen LogP contribution in [0.15, 0.2) is 16.0 Å². The molecule has 1 atom stereocenters. The van der Waals surface area contributed by atoms with Crippen molar-refractivity contribution in [3.8, 4) is 6.07 Å². The lowest BCUT2D eigenvalue weighted by molar-refractivity contribution is -0.125. The van der Waals surface area contributed by atoms with Gasteiger partial charge in [0.1, 0.15) is 10.9 Å². The first-order chi connectivity index (χ1) is 11.5. The van der Waals surface area contributed by atoms with Gasteiger partial charge in [0.15, 0.2) is 0 Å². The molecule has 1 aromatic rings. The molecule has 1 aliphatic heterocycles. The minimum atomic E-state index is -0.513. The molecule has 126 valence electrons. The van der Waals surface area contributed by atoms with Crippen molar-refractivity contribution in [3.63, 3.8) is 0 Å². The first-order valence-electron chi connectivity index (χ1n) is 7.77. The maximum absolute atomic E-state index is 12.9. The highest BCUT2D eigenvalue weighted by molar-refractivity contribution is 8.03. The molecule has 0 saturated heterocycles. The second-order valence-electron chi connectivity index (χ2n) is 6.18. The number of aromatic nitrogens is 1. The zero-order chi connectivity index (χ0) is 17.3. The Bertz CT molecular complexity index is 756. The standard InChI is InChI=1S/C16H18N4O2S2/c1-9-7-23-15(19-9)12-13(22)20-14(24-8-11(18)21)10(6-17)16(12)4-2-3-5-16/h7,12H,2-5,8H2,1H3,(H2,18,21)(H,20,22)/t12-/m1/s1. The summed E-state index contributed by atoms with van der Waals surface area (Å²) in [5.74, 6) is -1.02. The van der Waals surface area contributed by atoms with Gasteiger partial charge in [0, 0.05) is 16.5 Å². The number of allylic oxidation sites excluding steroid dienone is 1. The van der Waals surface area contributed by atoms with Gasteiger partial charge in [0.2, 0.25) is 11.8 Å². The number of hydrogen-bond acceptors (Lipinski definition) is 6. The van der Waals surface area contributed by atoms with Crippen LogP contribution in [-0.4, -0.2) is 22.6 Å². The van der Waals surface area contributed by atoms with Gasteiger partial charge in [-0.3, -0.25) is 9.59 Å². The van der Waals surface area contributed by atoms with Crippen LogP contribution in [0.1, 0.15) is 42.3 Å². The predicted molar refractivity (Wildman–Crippen MR) is 92.9 cm³/mol. The Morgan fingerprint density at radius 2 is 2.29 bits per heavy atom. The summed E-state index contributed by atoms with van der Waals surface area (Å²) < 4.78 is 0. The topological polar surface area (TPSA) is 109 Å². The van der Waals surface area contributed by atoms with E-state index in [-0.39, 0.29) is 11.7 Å². The monoisotopic (exact) mass is 362 g/mol. The molecule has 3 rings (SSSR count). The summed E-state index contributed by atoms with van der Waals surface area (Å²) in [6, 6.07) is 2.31. The molecule has 24 heavy (non-hydrogen) atoms. The number of nitriles is 1.